The van der Waals surface area contributed by atoms with E-state index in [2.05, 4.69) is 11.2 Å². The van der Waals surface area contributed by atoms with Crippen molar-refractivity contribution in [2.24, 2.45) is 5.92 Å². The molecule has 108 valence electrons. The summed E-state index contributed by atoms with van der Waals surface area (Å²) in [5, 5.41) is 22.6. The standard InChI is InChI=1S/C14H19N3O3/c1-8(2)13(12-4-9(3)16-20-12)14(19)17-7-11(18)5-10(17)6-15/h4,8,10-11,13,18H,5,7H2,1-3H3/t10-,11+,13?/m0/s1. The van der Waals surface area contributed by atoms with Gasteiger partial charge in [0.1, 0.15) is 17.7 Å². The molecular weight excluding hydrogens is 258 g/mol. The molecule has 1 aliphatic rings. The molecule has 0 aliphatic carbocycles. The van der Waals surface area contributed by atoms with Crippen LogP contribution >= 0.6 is 0 Å². The molecule has 1 unspecified atom stereocenters. The lowest BCUT2D eigenvalue weighted by Gasteiger charge is -2.26. The van der Waals surface area contributed by atoms with Crippen LogP contribution in [0.5, 0.6) is 0 Å². The first-order valence-corrected chi connectivity index (χ1v) is 6.75. The molecule has 3 atom stereocenters. The Morgan fingerprint density at radius 2 is 2.35 bits per heavy atom. The summed E-state index contributed by atoms with van der Waals surface area (Å²) in [4.78, 5) is 14.1. The Morgan fingerprint density at radius 1 is 1.65 bits per heavy atom. The number of carbonyl (C=O) groups is 1. The van der Waals surface area contributed by atoms with Crippen LogP contribution in [-0.4, -0.2) is 39.8 Å². The SMILES string of the molecule is Cc1cc(C(C(=O)N2C[C@H](O)C[C@H]2C#N)C(C)C)on1. The van der Waals surface area contributed by atoms with Crippen molar-refractivity contribution in [1.29, 1.82) is 5.26 Å². The van der Waals surface area contributed by atoms with Gasteiger partial charge in [-0.3, -0.25) is 4.79 Å². The zero-order valence-electron chi connectivity index (χ0n) is 11.9. The number of aromatic nitrogens is 1. The lowest BCUT2D eigenvalue weighted by atomic mass is 9.91. The molecule has 2 heterocycles. The summed E-state index contributed by atoms with van der Waals surface area (Å²) in [5.74, 6) is -0.121. The molecule has 0 bridgehead atoms. The number of rotatable bonds is 3. The minimum atomic E-state index is -0.632. The van der Waals surface area contributed by atoms with Crippen LogP contribution in [0.4, 0.5) is 0 Å². The molecule has 0 radical (unpaired) electrons. The van der Waals surface area contributed by atoms with E-state index in [1.165, 1.54) is 4.90 Å². The summed E-state index contributed by atoms with van der Waals surface area (Å²) in [6.07, 6.45) is -0.324. The van der Waals surface area contributed by atoms with Crippen molar-refractivity contribution in [2.75, 3.05) is 6.54 Å². The van der Waals surface area contributed by atoms with Gasteiger partial charge in [0.25, 0.3) is 0 Å². The predicted octanol–water partition coefficient (Wildman–Crippen LogP) is 1.21. The third-order valence-electron chi connectivity index (χ3n) is 3.60. The fourth-order valence-electron chi connectivity index (χ4n) is 2.62. The molecule has 1 aromatic heterocycles. The summed E-state index contributed by atoms with van der Waals surface area (Å²) in [6, 6.07) is 3.25. The van der Waals surface area contributed by atoms with E-state index >= 15 is 0 Å². The predicted molar refractivity (Wildman–Crippen MR) is 70.6 cm³/mol. The maximum Gasteiger partial charge on any atom is 0.234 e. The quantitative estimate of drug-likeness (QED) is 0.896. The Bertz CT molecular complexity index is 532. The number of carbonyl (C=O) groups excluding carboxylic acids is 1. The number of nitriles is 1. The van der Waals surface area contributed by atoms with Gasteiger partial charge >= 0.3 is 0 Å². The van der Waals surface area contributed by atoms with Crippen molar-refractivity contribution in [1.82, 2.24) is 10.1 Å². The smallest absolute Gasteiger partial charge is 0.234 e. The molecule has 1 fully saturated rings. The lowest BCUT2D eigenvalue weighted by molar-refractivity contribution is -0.134. The zero-order valence-corrected chi connectivity index (χ0v) is 11.9. The highest BCUT2D eigenvalue weighted by Gasteiger charge is 2.40. The maximum absolute atomic E-state index is 12.7. The fourth-order valence-corrected chi connectivity index (χ4v) is 2.62. The summed E-state index contributed by atoms with van der Waals surface area (Å²) in [5.41, 5.74) is 0.719. The largest absolute Gasteiger partial charge is 0.391 e. The van der Waals surface area contributed by atoms with Crippen molar-refractivity contribution in [2.45, 2.75) is 45.3 Å². The van der Waals surface area contributed by atoms with E-state index in [0.29, 0.717) is 12.2 Å². The van der Waals surface area contributed by atoms with Crippen molar-refractivity contribution in [3.05, 3.63) is 17.5 Å². The second kappa shape index (κ2) is 5.63. The van der Waals surface area contributed by atoms with Gasteiger partial charge in [-0.15, -0.1) is 0 Å². The monoisotopic (exact) mass is 277 g/mol. The van der Waals surface area contributed by atoms with Crippen LogP contribution in [0, 0.1) is 24.2 Å². The van der Waals surface area contributed by atoms with E-state index in [9.17, 15) is 9.90 Å². The summed E-state index contributed by atoms with van der Waals surface area (Å²) >= 11 is 0. The number of nitrogens with zero attached hydrogens (tertiary/aromatic N) is 3. The molecule has 0 aromatic carbocycles. The number of likely N-dealkylation sites (tertiary alicyclic amines) is 1. The highest BCUT2D eigenvalue weighted by atomic mass is 16.5. The number of amides is 1. The molecule has 1 amide bonds. The summed E-state index contributed by atoms with van der Waals surface area (Å²) < 4.78 is 5.22. The van der Waals surface area contributed by atoms with Crippen LogP contribution in [0.15, 0.2) is 10.6 Å². The third-order valence-corrected chi connectivity index (χ3v) is 3.60. The average Bonchev–Trinajstić information content (AvgIpc) is 2.95. The number of aliphatic hydroxyl groups is 1. The van der Waals surface area contributed by atoms with Crippen molar-refractivity contribution >= 4 is 5.91 Å². The van der Waals surface area contributed by atoms with Crippen molar-refractivity contribution in [3.8, 4) is 6.07 Å². The Kier molecular flexibility index (Phi) is 4.09. The average molecular weight is 277 g/mol. The fraction of sp³-hybridized carbons (Fsp3) is 0.643. The first-order valence-electron chi connectivity index (χ1n) is 6.75. The molecule has 2 rings (SSSR count). The molecular formula is C14H19N3O3. The van der Waals surface area contributed by atoms with E-state index in [4.69, 9.17) is 9.78 Å². The maximum atomic E-state index is 12.7. The molecule has 6 heteroatoms. The number of aryl methyl sites for hydroxylation is 1. The Balaban J connectivity index is 2.26. The van der Waals surface area contributed by atoms with E-state index in [1.54, 1.807) is 13.0 Å². The minimum Gasteiger partial charge on any atom is -0.391 e. The summed E-state index contributed by atoms with van der Waals surface area (Å²) in [6.45, 7) is 5.85. The van der Waals surface area contributed by atoms with Crippen molar-refractivity contribution in [3.63, 3.8) is 0 Å². The van der Waals surface area contributed by atoms with Crippen LogP contribution in [0.3, 0.4) is 0 Å². The highest BCUT2D eigenvalue weighted by Crippen LogP contribution is 2.30. The number of hydrogen-bond donors (Lipinski definition) is 1. The number of hydrogen-bond acceptors (Lipinski definition) is 5. The second-order valence-electron chi connectivity index (χ2n) is 5.62. The zero-order chi connectivity index (χ0) is 14.9. The molecule has 20 heavy (non-hydrogen) atoms. The topological polar surface area (TPSA) is 90.4 Å². The highest BCUT2D eigenvalue weighted by molar-refractivity contribution is 5.84. The molecule has 1 aromatic rings. The molecule has 1 N–H and O–H groups in total. The van der Waals surface area contributed by atoms with E-state index < -0.39 is 18.1 Å². The molecule has 1 aliphatic heterocycles. The van der Waals surface area contributed by atoms with Crippen molar-refractivity contribution < 1.29 is 14.4 Å². The van der Waals surface area contributed by atoms with E-state index in [1.807, 2.05) is 13.8 Å². The first kappa shape index (κ1) is 14.5. The second-order valence-corrected chi connectivity index (χ2v) is 5.62. The van der Waals surface area contributed by atoms with Gasteiger partial charge in [-0.2, -0.15) is 5.26 Å². The Labute approximate surface area is 118 Å². The van der Waals surface area contributed by atoms with Crippen LogP contribution in [-0.2, 0) is 4.79 Å². The normalized spacial score (nSPS) is 23.9. The third kappa shape index (κ3) is 2.68. The lowest BCUT2D eigenvalue weighted by Crippen LogP contribution is -2.40. The van der Waals surface area contributed by atoms with Crippen LogP contribution in [0.1, 0.15) is 37.6 Å². The number of β-amino-alcohol motifs (C(OH)–C–C–N with tert-alkyl or cyclic N) is 1. The minimum absolute atomic E-state index is 0.0203. The van der Waals surface area contributed by atoms with Crippen LogP contribution < -0.4 is 0 Å². The van der Waals surface area contributed by atoms with Gasteiger partial charge in [0.05, 0.1) is 17.9 Å². The first-order chi connectivity index (χ1) is 9.43. The number of aliphatic hydroxyl groups excluding tert-OH is 1. The van der Waals surface area contributed by atoms with E-state index in [0.717, 1.165) is 5.69 Å². The van der Waals surface area contributed by atoms with Crippen LogP contribution in [0.25, 0.3) is 0 Å². The van der Waals surface area contributed by atoms with Gasteiger partial charge in [-0.1, -0.05) is 19.0 Å². The molecule has 0 spiro atoms. The van der Waals surface area contributed by atoms with Gasteiger partial charge in [-0.05, 0) is 12.8 Å². The Morgan fingerprint density at radius 3 is 2.85 bits per heavy atom. The van der Waals surface area contributed by atoms with Crippen LogP contribution in [0.2, 0.25) is 0 Å². The van der Waals surface area contributed by atoms with Gasteiger partial charge < -0.3 is 14.5 Å². The molecule has 6 nitrogen and oxygen atoms in total. The summed E-state index contributed by atoms with van der Waals surface area (Å²) in [7, 11) is 0. The van der Waals surface area contributed by atoms with Gasteiger partial charge in [-0.25, -0.2) is 0 Å². The Hall–Kier alpha value is -1.87. The van der Waals surface area contributed by atoms with E-state index in [-0.39, 0.29) is 18.4 Å². The van der Waals surface area contributed by atoms with Gasteiger partial charge in [0.15, 0.2) is 0 Å². The molecule has 0 saturated carbocycles. The van der Waals surface area contributed by atoms with Gasteiger partial charge in [0, 0.05) is 19.0 Å². The van der Waals surface area contributed by atoms with Gasteiger partial charge in [0.2, 0.25) is 5.91 Å². The molecule has 1 saturated heterocycles.